The maximum Gasteiger partial charge on any atom is 0.326 e. The van der Waals surface area contributed by atoms with Crippen molar-refractivity contribution < 1.29 is 44.1 Å². The molecule has 14 nitrogen and oxygen atoms in total. The second kappa shape index (κ2) is 15.5. The van der Waals surface area contributed by atoms with Crippen molar-refractivity contribution in [3.8, 4) is 0 Å². The van der Waals surface area contributed by atoms with E-state index in [0.29, 0.717) is 11.3 Å². The fourth-order valence-electron chi connectivity index (χ4n) is 3.84. The van der Waals surface area contributed by atoms with Crippen LogP contribution in [0.2, 0.25) is 0 Å². The molecule has 0 spiro atoms. The number of carboxylic acids is 3. The predicted octanol–water partition coefficient (Wildman–Crippen LogP) is -0.331. The van der Waals surface area contributed by atoms with Gasteiger partial charge in [0, 0.05) is 29.9 Å². The Morgan fingerprint density at radius 2 is 1.50 bits per heavy atom. The lowest BCUT2D eigenvalue weighted by Gasteiger charge is -2.24. The lowest BCUT2D eigenvalue weighted by molar-refractivity contribution is -0.143. The zero-order chi connectivity index (χ0) is 29.8. The summed E-state index contributed by atoms with van der Waals surface area (Å²) in [5.41, 5.74) is 7.10. The Balaban J connectivity index is 2.15. The number of carboxylic acid groups (broad SMARTS) is 3. The van der Waals surface area contributed by atoms with Gasteiger partial charge in [-0.15, -0.1) is 0 Å². The molecule has 1 aromatic heterocycles. The summed E-state index contributed by atoms with van der Waals surface area (Å²) < 4.78 is 0. The van der Waals surface area contributed by atoms with E-state index in [1.165, 1.54) is 11.8 Å². The number of aromatic nitrogens is 1. The quantitative estimate of drug-likeness (QED) is 0.121. The topological polar surface area (TPSA) is 241 Å². The zero-order valence-electron chi connectivity index (χ0n) is 21.7. The van der Waals surface area contributed by atoms with Crippen LogP contribution < -0.4 is 21.7 Å². The van der Waals surface area contributed by atoms with Crippen LogP contribution >= 0.6 is 11.8 Å². The van der Waals surface area contributed by atoms with Crippen molar-refractivity contribution >= 4 is 58.3 Å². The average molecular weight is 580 g/mol. The van der Waals surface area contributed by atoms with Crippen LogP contribution in [0.1, 0.15) is 31.2 Å². The highest BCUT2D eigenvalue weighted by Crippen LogP contribution is 2.19. The molecular formula is C25H33N5O9S. The molecule has 1 heterocycles. The fraction of sp³-hybridized carbons (Fsp3) is 0.440. The Hall–Kier alpha value is -4.11. The number of nitrogens with one attached hydrogen (secondary N) is 4. The highest BCUT2D eigenvalue weighted by Gasteiger charge is 2.32. The average Bonchev–Trinajstić information content (AvgIpc) is 3.30. The van der Waals surface area contributed by atoms with Crippen molar-refractivity contribution in [1.82, 2.24) is 20.9 Å². The molecule has 3 amide bonds. The third-order valence-electron chi connectivity index (χ3n) is 5.97. The van der Waals surface area contributed by atoms with Crippen molar-refractivity contribution in [2.24, 2.45) is 5.73 Å². The molecule has 2 rings (SSSR count). The molecule has 2 aromatic rings. The smallest absolute Gasteiger partial charge is 0.326 e. The van der Waals surface area contributed by atoms with Crippen LogP contribution in [-0.2, 0) is 35.2 Å². The van der Waals surface area contributed by atoms with E-state index in [-0.39, 0.29) is 25.7 Å². The van der Waals surface area contributed by atoms with Crippen LogP contribution in [0.4, 0.5) is 0 Å². The van der Waals surface area contributed by atoms with E-state index >= 15 is 0 Å². The van der Waals surface area contributed by atoms with Gasteiger partial charge in [-0.3, -0.25) is 24.0 Å². The molecule has 0 radical (unpaired) electrons. The van der Waals surface area contributed by atoms with Crippen LogP contribution in [0.3, 0.4) is 0 Å². The van der Waals surface area contributed by atoms with Gasteiger partial charge in [0.05, 0.1) is 12.5 Å². The van der Waals surface area contributed by atoms with E-state index in [1.807, 2.05) is 0 Å². The summed E-state index contributed by atoms with van der Waals surface area (Å²) in [4.78, 5) is 75.7. The maximum atomic E-state index is 13.0. The number of thioether (sulfide) groups is 1. The largest absolute Gasteiger partial charge is 0.481 e. The Bertz CT molecular complexity index is 1230. The molecule has 15 heteroatoms. The first-order valence-corrected chi connectivity index (χ1v) is 13.7. The fourth-order valence-corrected chi connectivity index (χ4v) is 4.31. The van der Waals surface area contributed by atoms with Crippen LogP contribution in [0.25, 0.3) is 10.9 Å². The molecular weight excluding hydrogens is 546 g/mol. The number of hydrogen-bond acceptors (Lipinski definition) is 8. The Kier molecular flexibility index (Phi) is 12.4. The van der Waals surface area contributed by atoms with Crippen LogP contribution in [-0.4, -0.2) is 92.1 Å². The Morgan fingerprint density at radius 3 is 2.12 bits per heavy atom. The highest BCUT2D eigenvalue weighted by atomic mass is 32.2. The number of H-pyrrole nitrogens is 1. The van der Waals surface area contributed by atoms with E-state index in [1.54, 1.807) is 36.7 Å². The molecule has 0 aliphatic carbocycles. The van der Waals surface area contributed by atoms with Gasteiger partial charge >= 0.3 is 17.9 Å². The minimum Gasteiger partial charge on any atom is -0.481 e. The lowest BCUT2D eigenvalue weighted by atomic mass is 10.0. The highest BCUT2D eigenvalue weighted by molar-refractivity contribution is 7.98. The van der Waals surface area contributed by atoms with Gasteiger partial charge in [0.1, 0.15) is 18.1 Å². The van der Waals surface area contributed by atoms with Crippen LogP contribution in [0.15, 0.2) is 30.5 Å². The monoisotopic (exact) mass is 579 g/mol. The third kappa shape index (κ3) is 9.89. The molecule has 9 N–H and O–H groups in total. The summed E-state index contributed by atoms with van der Waals surface area (Å²) in [5.74, 6) is -6.22. The maximum absolute atomic E-state index is 13.0. The summed E-state index contributed by atoms with van der Waals surface area (Å²) >= 11 is 1.37. The number of fused-ring (bicyclic) bond motifs is 1. The standard InChI is InChI=1S/C25H33N5O9S/c1-40-9-8-17(28-22(35)15(26)6-7-20(31)32)23(36)29-18(11-21(33)34)24(37)30-19(25(38)39)10-13-12-27-16-5-3-2-4-14(13)16/h2-5,12,15,17-19,27H,6-11,26H2,1H3,(H,28,35)(H,29,36)(H,30,37)(H,31,32)(H,33,34)(H,38,39). The Labute approximate surface area is 233 Å². The summed E-state index contributed by atoms with van der Waals surface area (Å²) in [6, 6.07) is 1.67. The molecule has 40 heavy (non-hydrogen) atoms. The number of benzene rings is 1. The van der Waals surface area contributed by atoms with Crippen LogP contribution in [0.5, 0.6) is 0 Å². The second-order valence-electron chi connectivity index (χ2n) is 9.00. The Morgan fingerprint density at radius 1 is 0.875 bits per heavy atom. The summed E-state index contributed by atoms with van der Waals surface area (Å²) in [7, 11) is 0. The second-order valence-corrected chi connectivity index (χ2v) is 9.99. The molecule has 1 aromatic carbocycles. The molecule has 4 atom stereocenters. The minimum absolute atomic E-state index is 0.101. The molecule has 0 fully saturated rings. The number of rotatable bonds is 17. The first-order valence-electron chi connectivity index (χ1n) is 12.3. The SMILES string of the molecule is CSCCC(NC(=O)C(N)CCC(=O)O)C(=O)NC(CC(=O)O)C(=O)NC(Cc1c[nH]c2ccccc12)C(=O)O. The minimum atomic E-state index is -1.65. The van der Waals surface area contributed by atoms with E-state index in [0.717, 1.165) is 10.9 Å². The number of aromatic amines is 1. The van der Waals surface area contributed by atoms with Gasteiger partial charge in [-0.05, 0) is 36.5 Å². The number of aliphatic carboxylic acids is 3. The molecule has 218 valence electrons. The van der Waals surface area contributed by atoms with E-state index in [9.17, 15) is 39.0 Å². The predicted molar refractivity (Wildman–Crippen MR) is 146 cm³/mol. The number of para-hydroxylation sites is 1. The van der Waals surface area contributed by atoms with Gasteiger partial charge in [-0.2, -0.15) is 11.8 Å². The van der Waals surface area contributed by atoms with Gasteiger partial charge < -0.3 is 42.0 Å². The van der Waals surface area contributed by atoms with Crippen molar-refractivity contribution in [3.63, 3.8) is 0 Å². The van der Waals surface area contributed by atoms with E-state index in [4.69, 9.17) is 10.8 Å². The number of hydrogen-bond donors (Lipinski definition) is 8. The molecule has 0 saturated carbocycles. The van der Waals surface area contributed by atoms with Crippen molar-refractivity contribution in [3.05, 3.63) is 36.0 Å². The van der Waals surface area contributed by atoms with Gasteiger partial charge in [0.25, 0.3) is 0 Å². The first kappa shape index (κ1) is 32.1. The van der Waals surface area contributed by atoms with Gasteiger partial charge in [-0.1, -0.05) is 18.2 Å². The van der Waals surface area contributed by atoms with Gasteiger partial charge in [-0.25, -0.2) is 4.79 Å². The summed E-state index contributed by atoms with van der Waals surface area (Å²) in [6.07, 6.45) is 1.98. The number of amides is 3. The van der Waals surface area contributed by atoms with Crippen LogP contribution in [0, 0.1) is 0 Å². The number of carbonyl (C=O) groups is 6. The normalized spacial score (nSPS) is 13.9. The molecule has 0 aliphatic heterocycles. The number of carbonyl (C=O) groups excluding carboxylic acids is 3. The van der Waals surface area contributed by atoms with E-state index in [2.05, 4.69) is 20.9 Å². The lowest BCUT2D eigenvalue weighted by Crippen LogP contribution is -2.57. The molecule has 0 aliphatic rings. The molecule has 4 unspecified atom stereocenters. The van der Waals surface area contributed by atoms with Gasteiger partial charge in [0.2, 0.25) is 17.7 Å². The summed E-state index contributed by atoms with van der Waals surface area (Å²) in [5, 5.41) is 35.6. The van der Waals surface area contributed by atoms with Crippen molar-refractivity contribution in [1.29, 1.82) is 0 Å². The summed E-state index contributed by atoms with van der Waals surface area (Å²) in [6.45, 7) is 0. The molecule has 0 saturated heterocycles. The van der Waals surface area contributed by atoms with Crippen molar-refractivity contribution in [2.75, 3.05) is 12.0 Å². The van der Waals surface area contributed by atoms with Gasteiger partial charge in [0.15, 0.2) is 0 Å². The molecule has 0 bridgehead atoms. The van der Waals surface area contributed by atoms with Crippen molar-refractivity contribution in [2.45, 2.75) is 56.3 Å². The van der Waals surface area contributed by atoms with E-state index < -0.39 is 66.2 Å². The first-order chi connectivity index (χ1) is 18.9. The number of nitrogens with two attached hydrogens (primary N) is 1. The third-order valence-corrected chi connectivity index (χ3v) is 6.62. The zero-order valence-corrected chi connectivity index (χ0v) is 22.5.